The van der Waals surface area contributed by atoms with Gasteiger partial charge in [-0.25, -0.2) is 0 Å². The highest BCUT2D eigenvalue weighted by Gasteiger charge is 2.33. The molecule has 1 saturated heterocycles. The molecule has 0 aliphatic carbocycles. The van der Waals surface area contributed by atoms with Gasteiger partial charge in [-0.15, -0.1) is 0 Å². The van der Waals surface area contributed by atoms with Crippen LogP contribution in [0.5, 0.6) is 0 Å². The van der Waals surface area contributed by atoms with Crippen molar-refractivity contribution in [2.45, 2.75) is 18.9 Å². The minimum atomic E-state index is -1.06. The van der Waals surface area contributed by atoms with Gasteiger partial charge in [-0.1, -0.05) is 6.58 Å². The lowest BCUT2D eigenvalue weighted by molar-refractivity contribution is -0.151. The summed E-state index contributed by atoms with van der Waals surface area (Å²) in [7, 11) is 0. The Kier molecular flexibility index (Phi) is 1.52. The molecule has 1 unspecified atom stereocenters. The Labute approximate surface area is 59.3 Å². The van der Waals surface area contributed by atoms with Crippen molar-refractivity contribution in [2.75, 3.05) is 6.61 Å². The number of ether oxygens (including phenoxy) is 1. The summed E-state index contributed by atoms with van der Waals surface area (Å²) in [5.74, 6) is -0.364. The van der Waals surface area contributed by atoms with Crippen LogP contribution in [0.1, 0.15) is 13.3 Å². The van der Waals surface area contributed by atoms with Crippen LogP contribution in [0.2, 0.25) is 0 Å². The Morgan fingerprint density at radius 2 is 2.40 bits per heavy atom. The normalized spacial score (nSPS) is 33.8. The van der Waals surface area contributed by atoms with Gasteiger partial charge in [0.25, 0.3) is 0 Å². The summed E-state index contributed by atoms with van der Waals surface area (Å²) >= 11 is 0. The number of hydrogen-bond donors (Lipinski definition) is 1. The number of rotatable bonds is 0. The van der Waals surface area contributed by atoms with E-state index in [4.69, 9.17) is 0 Å². The molecule has 3 nitrogen and oxygen atoms in total. The molecule has 0 amide bonds. The molecule has 0 saturated carbocycles. The highest BCUT2D eigenvalue weighted by Crippen LogP contribution is 2.23. The lowest BCUT2D eigenvalue weighted by Gasteiger charge is -2.29. The molecule has 56 valence electrons. The molecule has 1 aliphatic heterocycles. The summed E-state index contributed by atoms with van der Waals surface area (Å²) in [5, 5.41) is 9.41. The average Bonchev–Trinajstić information content (AvgIpc) is 1.78. The molecule has 1 fully saturated rings. The minimum Gasteiger partial charge on any atom is -0.461 e. The minimum absolute atomic E-state index is 0.0197. The van der Waals surface area contributed by atoms with Gasteiger partial charge < -0.3 is 9.84 Å². The molecule has 0 spiro atoms. The first-order valence-corrected chi connectivity index (χ1v) is 3.08. The zero-order chi connectivity index (χ0) is 7.78. The maximum absolute atomic E-state index is 10.6. The Morgan fingerprint density at radius 3 is 2.80 bits per heavy atom. The van der Waals surface area contributed by atoms with Crippen LogP contribution < -0.4 is 0 Å². The third kappa shape index (κ3) is 1.19. The van der Waals surface area contributed by atoms with Gasteiger partial charge in [0.15, 0.2) is 0 Å². The third-order valence-corrected chi connectivity index (χ3v) is 1.66. The van der Waals surface area contributed by atoms with Crippen LogP contribution in [0.15, 0.2) is 12.2 Å². The fraction of sp³-hybridized carbons (Fsp3) is 0.571. The molecule has 0 aromatic carbocycles. The molecule has 0 radical (unpaired) electrons. The topological polar surface area (TPSA) is 46.5 Å². The van der Waals surface area contributed by atoms with Crippen LogP contribution in [-0.4, -0.2) is 23.3 Å². The van der Waals surface area contributed by atoms with E-state index in [2.05, 4.69) is 11.3 Å². The van der Waals surface area contributed by atoms with Crippen molar-refractivity contribution in [1.29, 1.82) is 0 Å². The molecule has 0 aromatic rings. The number of hydrogen-bond acceptors (Lipinski definition) is 3. The van der Waals surface area contributed by atoms with E-state index in [1.54, 1.807) is 6.92 Å². The van der Waals surface area contributed by atoms with Gasteiger partial charge in [0.05, 0.1) is 12.0 Å². The number of aliphatic hydroxyl groups is 1. The first-order valence-electron chi connectivity index (χ1n) is 3.08. The molecule has 0 aromatic heterocycles. The highest BCUT2D eigenvalue weighted by molar-refractivity contribution is 5.73. The lowest BCUT2D eigenvalue weighted by Crippen LogP contribution is -2.37. The molecule has 10 heavy (non-hydrogen) atoms. The van der Waals surface area contributed by atoms with Gasteiger partial charge in [-0.3, -0.25) is 4.79 Å². The first kappa shape index (κ1) is 7.28. The SMILES string of the molecule is C=C1COC(=O)CC1(C)O. The molecule has 1 heterocycles. The Hall–Kier alpha value is -0.830. The maximum atomic E-state index is 10.6. The van der Waals surface area contributed by atoms with E-state index in [9.17, 15) is 9.90 Å². The molecular formula is C7H10O3. The van der Waals surface area contributed by atoms with Crippen LogP contribution in [-0.2, 0) is 9.53 Å². The maximum Gasteiger partial charge on any atom is 0.309 e. The first-order chi connectivity index (χ1) is 4.52. The summed E-state index contributed by atoms with van der Waals surface area (Å²) in [6.07, 6.45) is 0.0197. The van der Waals surface area contributed by atoms with Gasteiger partial charge in [-0.2, -0.15) is 0 Å². The zero-order valence-corrected chi connectivity index (χ0v) is 5.89. The van der Waals surface area contributed by atoms with Crippen LogP contribution in [0.25, 0.3) is 0 Å². The molecule has 0 bridgehead atoms. The fourth-order valence-corrected chi connectivity index (χ4v) is 0.780. The van der Waals surface area contributed by atoms with E-state index in [1.165, 1.54) is 0 Å². The van der Waals surface area contributed by atoms with Crippen molar-refractivity contribution in [3.63, 3.8) is 0 Å². The summed E-state index contributed by atoms with van der Waals surface area (Å²) in [4.78, 5) is 10.6. The third-order valence-electron chi connectivity index (χ3n) is 1.66. The second-order valence-corrected chi connectivity index (χ2v) is 2.71. The predicted molar refractivity (Wildman–Crippen MR) is 35.3 cm³/mol. The lowest BCUT2D eigenvalue weighted by atomic mass is 9.92. The molecule has 1 rings (SSSR count). The van der Waals surface area contributed by atoms with Crippen molar-refractivity contribution < 1.29 is 14.6 Å². The van der Waals surface area contributed by atoms with E-state index in [0.29, 0.717) is 5.57 Å². The van der Waals surface area contributed by atoms with Gasteiger partial charge in [0.1, 0.15) is 6.61 Å². The van der Waals surface area contributed by atoms with Gasteiger partial charge in [0, 0.05) is 0 Å². The smallest absolute Gasteiger partial charge is 0.309 e. The molecule has 3 heteroatoms. The molecule has 1 aliphatic rings. The van der Waals surface area contributed by atoms with Gasteiger partial charge >= 0.3 is 5.97 Å². The van der Waals surface area contributed by atoms with E-state index in [0.717, 1.165) is 0 Å². The fourth-order valence-electron chi connectivity index (χ4n) is 0.780. The molecular weight excluding hydrogens is 132 g/mol. The second-order valence-electron chi connectivity index (χ2n) is 2.71. The van der Waals surface area contributed by atoms with Gasteiger partial charge in [-0.05, 0) is 12.5 Å². The number of esters is 1. The summed E-state index contributed by atoms with van der Waals surface area (Å²) in [5.41, 5.74) is -0.498. The Morgan fingerprint density at radius 1 is 1.80 bits per heavy atom. The highest BCUT2D eigenvalue weighted by atomic mass is 16.5. The monoisotopic (exact) mass is 142 g/mol. The Balaban J connectivity index is 2.73. The van der Waals surface area contributed by atoms with Crippen LogP contribution >= 0.6 is 0 Å². The van der Waals surface area contributed by atoms with Crippen LogP contribution in [0.3, 0.4) is 0 Å². The van der Waals surface area contributed by atoms with Crippen LogP contribution in [0, 0.1) is 0 Å². The quantitative estimate of drug-likeness (QED) is 0.389. The van der Waals surface area contributed by atoms with Crippen molar-refractivity contribution in [3.8, 4) is 0 Å². The van der Waals surface area contributed by atoms with Crippen molar-refractivity contribution >= 4 is 5.97 Å². The van der Waals surface area contributed by atoms with Crippen molar-refractivity contribution in [2.24, 2.45) is 0 Å². The molecule has 1 N–H and O–H groups in total. The van der Waals surface area contributed by atoms with E-state index >= 15 is 0 Å². The Bertz CT molecular complexity index is 181. The van der Waals surface area contributed by atoms with Crippen molar-refractivity contribution in [1.82, 2.24) is 0 Å². The largest absolute Gasteiger partial charge is 0.461 e. The predicted octanol–water partition coefficient (Wildman–Crippen LogP) is 0.240. The van der Waals surface area contributed by atoms with Gasteiger partial charge in [0.2, 0.25) is 0 Å². The average molecular weight is 142 g/mol. The van der Waals surface area contributed by atoms with Crippen molar-refractivity contribution in [3.05, 3.63) is 12.2 Å². The van der Waals surface area contributed by atoms with E-state index < -0.39 is 5.60 Å². The van der Waals surface area contributed by atoms with E-state index in [-0.39, 0.29) is 19.0 Å². The standard InChI is InChI=1S/C7H10O3/c1-5-4-10-6(8)3-7(5,2)9/h9H,1,3-4H2,2H3. The zero-order valence-electron chi connectivity index (χ0n) is 5.89. The summed E-state index contributed by atoms with van der Waals surface area (Å²) in [6.45, 7) is 5.28. The van der Waals surface area contributed by atoms with Crippen LogP contribution in [0.4, 0.5) is 0 Å². The second kappa shape index (κ2) is 2.09. The summed E-state index contributed by atoms with van der Waals surface area (Å²) < 4.78 is 4.63. The van der Waals surface area contributed by atoms with E-state index in [1.807, 2.05) is 0 Å². The summed E-state index contributed by atoms with van der Waals surface area (Å²) in [6, 6.07) is 0. The number of carbonyl (C=O) groups is 1. The number of carbonyl (C=O) groups excluding carboxylic acids is 1. The molecule has 1 atom stereocenters. The number of cyclic esters (lactones) is 1.